The standard InChI is InChI=1S/C10H8ClFN2O3/c1-2-17-10(16)14-8-4-9(13-5-15)7(12)3-6(8)11/h3-4H,2H2,1H3,(H,14,16). The molecular weight excluding hydrogens is 251 g/mol. The van der Waals surface area contributed by atoms with Gasteiger partial charge in [0.2, 0.25) is 6.08 Å². The van der Waals surface area contributed by atoms with Crippen molar-refractivity contribution in [3.63, 3.8) is 0 Å². The van der Waals surface area contributed by atoms with Gasteiger partial charge in [0.15, 0.2) is 5.82 Å². The molecule has 1 rings (SSSR count). The van der Waals surface area contributed by atoms with Gasteiger partial charge in [-0.3, -0.25) is 5.32 Å². The molecule has 1 aromatic rings. The molecule has 0 aliphatic carbocycles. The molecule has 0 saturated carbocycles. The number of ether oxygens (including phenoxy) is 1. The number of nitrogens with one attached hydrogen (secondary N) is 1. The number of rotatable bonds is 3. The van der Waals surface area contributed by atoms with Crippen LogP contribution in [0.15, 0.2) is 17.1 Å². The van der Waals surface area contributed by atoms with Crippen molar-refractivity contribution >= 4 is 35.1 Å². The fourth-order valence-corrected chi connectivity index (χ4v) is 1.24. The van der Waals surface area contributed by atoms with E-state index in [9.17, 15) is 14.0 Å². The molecule has 0 fully saturated rings. The minimum atomic E-state index is -0.784. The maximum absolute atomic E-state index is 13.2. The molecule has 0 aromatic heterocycles. The summed E-state index contributed by atoms with van der Waals surface area (Å²) in [6.45, 7) is 1.82. The van der Waals surface area contributed by atoms with E-state index in [1.54, 1.807) is 6.92 Å². The molecule has 0 aliphatic rings. The van der Waals surface area contributed by atoms with Gasteiger partial charge in [-0.05, 0) is 19.1 Å². The summed E-state index contributed by atoms with van der Waals surface area (Å²) in [4.78, 5) is 24.3. The Kier molecular flexibility index (Phi) is 4.63. The van der Waals surface area contributed by atoms with Crippen molar-refractivity contribution in [1.82, 2.24) is 0 Å². The minimum Gasteiger partial charge on any atom is -0.450 e. The van der Waals surface area contributed by atoms with Crippen LogP contribution in [0, 0.1) is 5.82 Å². The lowest BCUT2D eigenvalue weighted by atomic mass is 10.2. The highest BCUT2D eigenvalue weighted by Gasteiger charge is 2.11. The zero-order chi connectivity index (χ0) is 12.8. The van der Waals surface area contributed by atoms with Gasteiger partial charge in [0, 0.05) is 0 Å². The molecule has 1 amide bonds. The van der Waals surface area contributed by atoms with Crippen LogP contribution in [0.4, 0.5) is 20.6 Å². The maximum atomic E-state index is 13.2. The fraction of sp³-hybridized carbons (Fsp3) is 0.200. The van der Waals surface area contributed by atoms with Crippen molar-refractivity contribution < 1.29 is 18.7 Å². The zero-order valence-corrected chi connectivity index (χ0v) is 9.55. The van der Waals surface area contributed by atoms with Crippen molar-refractivity contribution in [3.8, 4) is 0 Å². The lowest BCUT2D eigenvalue weighted by molar-refractivity contribution is 0.168. The van der Waals surface area contributed by atoms with Gasteiger partial charge in [0.25, 0.3) is 0 Å². The lowest BCUT2D eigenvalue weighted by Crippen LogP contribution is -2.13. The second-order valence-corrected chi connectivity index (χ2v) is 3.24. The molecule has 0 saturated heterocycles. The number of benzene rings is 1. The monoisotopic (exact) mass is 258 g/mol. The first-order valence-electron chi connectivity index (χ1n) is 4.59. The number of hydrogen-bond donors (Lipinski definition) is 1. The second kappa shape index (κ2) is 5.98. The predicted octanol–water partition coefficient (Wildman–Crippen LogP) is 3.01. The molecule has 0 atom stereocenters. The summed E-state index contributed by atoms with van der Waals surface area (Å²) < 4.78 is 17.8. The molecule has 1 N–H and O–H groups in total. The first kappa shape index (κ1) is 13.2. The van der Waals surface area contributed by atoms with Crippen LogP contribution in [0.3, 0.4) is 0 Å². The number of hydrogen-bond acceptors (Lipinski definition) is 4. The molecule has 0 bridgehead atoms. The molecule has 0 aliphatic heterocycles. The lowest BCUT2D eigenvalue weighted by Gasteiger charge is -2.07. The molecule has 0 heterocycles. The third-order valence-corrected chi connectivity index (χ3v) is 2.03. The zero-order valence-electron chi connectivity index (χ0n) is 8.79. The Balaban J connectivity index is 3.03. The van der Waals surface area contributed by atoms with Crippen LogP contribution in [0.1, 0.15) is 6.92 Å². The summed E-state index contributed by atoms with van der Waals surface area (Å²) in [5, 5.41) is 2.26. The molecule has 1 aromatic carbocycles. The van der Waals surface area contributed by atoms with Gasteiger partial charge in [0.1, 0.15) is 5.69 Å². The van der Waals surface area contributed by atoms with E-state index >= 15 is 0 Å². The Bertz CT molecular complexity index is 487. The van der Waals surface area contributed by atoms with Crippen LogP contribution in [0.2, 0.25) is 5.02 Å². The van der Waals surface area contributed by atoms with E-state index in [2.05, 4.69) is 15.0 Å². The van der Waals surface area contributed by atoms with Crippen LogP contribution in [0.5, 0.6) is 0 Å². The molecule has 0 spiro atoms. The van der Waals surface area contributed by atoms with Crippen LogP contribution in [-0.2, 0) is 9.53 Å². The van der Waals surface area contributed by atoms with E-state index in [0.29, 0.717) is 0 Å². The molecular formula is C10H8ClFN2O3. The van der Waals surface area contributed by atoms with Gasteiger partial charge in [-0.1, -0.05) is 11.6 Å². The van der Waals surface area contributed by atoms with Gasteiger partial charge in [-0.25, -0.2) is 14.0 Å². The molecule has 90 valence electrons. The smallest absolute Gasteiger partial charge is 0.411 e. The summed E-state index contributed by atoms with van der Waals surface area (Å²) >= 11 is 5.70. The van der Waals surface area contributed by atoms with Gasteiger partial charge in [-0.2, -0.15) is 4.99 Å². The summed E-state index contributed by atoms with van der Waals surface area (Å²) in [5.41, 5.74) is -0.170. The first-order chi connectivity index (χ1) is 8.08. The average molecular weight is 259 g/mol. The van der Waals surface area contributed by atoms with E-state index in [1.807, 2.05) is 0 Å². The van der Waals surface area contributed by atoms with Gasteiger partial charge in [-0.15, -0.1) is 0 Å². The van der Waals surface area contributed by atoms with Crippen molar-refractivity contribution in [2.75, 3.05) is 11.9 Å². The largest absolute Gasteiger partial charge is 0.450 e. The number of aliphatic imine (C=N–C) groups is 1. The summed E-state index contributed by atoms with van der Waals surface area (Å²) in [6, 6.07) is 2.04. The third-order valence-electron chi connectivity index (χ3n) is 1.71. The number of anilines is 1. The van der Waals surface area contributed by atoms with E-state index < -0.39 is 11.9 Å². The van der Waals surface area contributed by atoms with Gasteiger partial charge >= 0.3 is 6.09 Å². The van der Waals surface area contributed by atoms with Crippen LogP contribution < -0.4 is 5.32 Å². The Morgan fingerprint density at radius 3 is 2.94 bits per heavy atom. The normalized spacial score (nSPS) is 9.35. The number of carbonyl (C=O) groups excluding carboxylic acids is 2. The van der Waals surface area contributed by atoms with Crippen LogP contribution >= 0.6 is 11.6 Å². The minimum absolute atomic E-state index is 0.0274. The van der Waals surface area contributed by atoms with E-state index in [0.717, 1.165) is 12.1 Å². The Morgan fingerprint density at radius 2 is 2.35 bits per heavy atom. The number of amides is 1. The van der Waals surface area contributed by atoms with Gasteiger partial charge in [0.05, 0.1) is 17.3 Å². The molecule has 17 heavy (non-hydrogen) atoms. The van der Waals surface area contributed by atoms with E-state index in [-0.39, 0.29) is 23.0 Å². The first-order valence-corrected chi connectivity index (χ1v) is 4.97. The average Bonchev–Trinajstić information content (AvgIpc) is 2.25. The fourth-order valence-electron chi connectivity index (χ4n) is 1.05. The highest BCUT2D eigenvalue weighted by molar-refractivity contribution is 6.33. The maximum Gasteiger partial charge on any atom is 0.411 e. The van der Waals surface area contributed by atoms with E-state index in [1.165, 1.54) is 6.08 Å². The summed E-state index contributed by atoms with van der Waals surface area (Å²) in [5.74, 6) is -0.784. The number of carbonyl (C=O) groups is 1. The summed E-state index contributed by atoms with van der Waals surface area (Å²) in [7, 11) is 0. The van der Waals surface area contributed by atoms with E-state index in [4.69, 9.17) is 11.6 Å². The number of isocyanates is 1. The van der Waals surface area contributed by atoms with Crippen LogP contribution in [0.25, 0.3) is 0 Å². The third kappa shape index (κ3) is 3.55. The quantitative estimate of drug-likeness (QED) is 0.669. The molecule has 0 unspecified atom stereocenters. The van der Waals surface area contributed by atoms with Crippen molar-refractivity contribution in [2.24, 2.45) is 4.99 Å². The SMILES string of the molecule is CCOC(=O)Nc1cc(N=C=O)c(F)cc1Cl. The predicted molar refractivity (Wildman–Crippen MR) is 59.8 cm³/mol. The molecule has 7 heteroatoms. The number of nitrogens with zero attached hydrogens (tertiary/aromatic N) is 1. The highest BCUT2D eigenvalue weighted by Crippen LogP contribution is 2.29. The Labute approximate surface area is 101 Å². The van der Waals surface area contributed by atoms with Crippen molar-refractivity contribution in [1.29, 1.82) is 0 Å². The van der Waals surface area contributed by atoms with Crippen molar-refractivity contribution in [3.05, 3.63) is 23.0 Å². The Hall–Kier alpha value is -1.91. The second-order valence-electron chi connectivity index (χ2n) is 2.83. The Morgan fingerprint density at radius 1 is 1.65 bits per heavy atom. The van der Waals surface area contributed by atoms with Gasteiger partial charge < -0.3 is 4.74 Å². The molecule has 5 nitrogen and oxygen atoms in total. The topological polar surface area (TPSA) is 67.8 Å². The number of halogens is 2. The highest BCUT2D eigenvalue weighted by atomic mass is 35.5. The van der Waals surface area contributed by atoms with Crippen LogP contribution in [-0.4, -0.2) is 18.8 Å². The summed E-state index contributed by atoms with van der Waals surface area (Å²) in [6.07, 6.45) is 0.464. The molecule has 0 radical (unpaired) electrons. The van der Waals surface area contributed by atoms with Crippen molar-refractivity contribution in [2.45, 2.75) is 6.92 Å².